The van der Waals surface area contributed by atoms with Gasteiger partial charge in [-0.3, -0.25) is 0 Å². The van der Waals surface area contributed by atoms with E-state index in [1.54, 1.807) is 6.33 Å². The van der Waals surface area contributed by atoms with Crippen molar-refractivity contribution in [3.63, 3.8) is 0 Å². The number of rotatable bonds is 4. The molecule has 2 fully saturated rings. The summed E-state index contributed by atoms with van der Waals surface area (Å²) < 4.78 is 0. The Morgan fingerprint density at radius 1 is 1.16 bits per heavy atom. The summed E-state index contributed by atoms with van der Waals surface area (Å²) in [6.45, 7) is 1.61. The number of nitrogens with zero attached hydrogens (tertiary/aromatic N) is 2. The van der Waals surface area contributed by atoms with Crippen molar-refractivity contribution in [1.82, 2.24) is 20.2 Å². The summed E-state index contributed by atoms with van der Waals surface area (Å²) in [7, 11) is 0. The lowest BCUT2D eigenvalue weighted by Gasteiger charge is -2.37. The van der Waals surface area contributed by atoms with Crippen molar-refractivity contribution in [2.75, 3.05) is 13.1 Å². The number of hydrogen-bond donors (Lipinski definition) is 2. The van der Waals surface area contributed by atoms with Gasteiger partial charge in [0.25, 0.3) is 0 Å². The van der Waals surface area contributed by atoms with Crippen molar-refractivity contribution in [2.24, 2.45) is 5.92 Å². The van der Waals surface area contributed by atoms with Gasteiger partial charge in [0.2, 0.25) is 0 Å². The largest absolute Gasteiger partial charge is 0.348 e. The normalized spacial score (nSPS) is 20.1. The number of carbonyl (C=O) groups excluding carboxylic acids is 1. The summed E-state index contributed by atoms with van der Waals surface area (Å²) >= 11 is 0. The number of imidazole rings is 1. The number of amides is 2. The van der Waals surface area contributed by atoms with Gasteiger partial charge in [-0.05, 0) is 37.2 Å². The number of hydrogen-bond acceptors (Lipinski definition) is 2. The number of carbonyl (C=O) groups is 1. The SMILES string of the molecule is O=C(N[C@H](c1ccccc1)C1CCC1)N1CCC(c2cnc[nH]2)CC1. The lowest BCUT2D eigenvalue weighted by molar-refractivity contribution is 0.162. The van der Waals surface area contributed by atoms with Crippen LogP contribution in [0.1, 0.15) is 55.3 Å². The second-order valence-corrected chi connectivity index (χ2v) is 7.30. The Kier molecular flexibility index (Phi) is 4.72. The van der Waals surface area contributed by atoms with Gasteiger partial charge in [-0.25, -0.2) is 9.78 Å². The molecule has 2 amide bonds. The molecule has 1 aliphatic carbocycles. The van der Waals surface area contributed by atoms with E-state index >= 15 is 0 Å². The lowest BCUT2D eigenvalue weighted by Crippen LogP contribution is -2.47. The van der Waals surface area contributed by atoms with Crippen molar-refractivity contribution >= 4 is 6.03 Å². The Morgan fingerprint density at radius 2 is 1.92 bits per heavy atom. The zero-order valence-electron chi connectivity index (χ0n) is 14.5. The molecular weight excluding hydrogens is 312 g/mol. The fraction of sp³-hybridized carbons (Fsp3) is 0.500. The highest BCUT2D eigenvalue weighted by Gasteiger charge is 2.32. The van der Waals surface area contributed by atoms with Gasteiger partial charge in [0, 0.05) is 30.9 Å². The topological polar surface area (TPSA) is 61.0 Å². The van der Waals surface area contributed by atoms with Crippen LogP contribution in [0, 0.1) is 5.92 Å². The number of aromatic nitrogens is 2. The highest BCUT2D eigenvalue weighted by molar-refractivity contribution is 5.75. The van der Waals surface area contributed by atoms with Crippen molar-refractivity contribution in [3.8, 4) is 0 Å². The lowest BCUT2D eigenvalue weighted by atomic mass is 9.77. The number of piperidine rings is 1. The minimum Gasteiger partial charge on any atom is -0.348 e. The van der Waals surface area contributed by atoms with Gasteiger partial charge in [0.05, 0.1) is 12.4 Å². The second-order valence-electron chi connectivity index (χ2n) is 7.30. The number of likely N-dealkylation sites (tertiary alicyclic amines) is 1. The molecule has 0 unspecified atom stereocenters. The molecule has 132 valence electrons. The molecule has 5 nitrogen and oxygen atoms in total. The number of aromatic amines is 1. The van der Waals surface area contributed by atoms with E-state index in [4.69, 9.17) is 0 Å². The number of benzene rings is 1. The van der Waals surface area contributed by atoms with E-state index in [1.807, 2.05) is 17.2 Å². The van der Waals surface area contributed by atoms with Gasteiger partial charge in [-0.1, -0.05) is 36.8 Å². The summed E-state index contributed by atoms with van der Waals surface area (Å²) in [5.41, 5.74) is 2.42. The molecule has 1 saturated carbocycles. The molecule has 1 aromatic heterocycles. The minimum absolute atomic E-state index is 0.0869. The third kappa shape index (κ3) is 3.55. The van der Waals surface area contributed by atoms with Crippen LogP contribution in [0.4, 0.5) is 4.79 Å². The summed E-state index contributed by atoms with van der Waals surface area (Å²) in [6.07, 6.45) is 9.33. The average Bonchev–Trinajstić information content (AvgIpc) is 3.15. The number of nitrogens with one attached hydrogen (secondary N) is 2. The fourth-order valence-electron chi connectivity index (χ4n) is 4.01. The molecule has 25 heavy (non-hydrogen) atoms. The van der Waals surface area contributed by atoms with Crippen LogP contribution in [0.5, 0.6) is 0 Å². The third-order valence-corrected chi connectivity index (χ3v) is 5.80. The zero-order chi connectivity index (χ0) is 17.1. The first kappa shape index (κ1) is 16.2. The first-order valence-corrected chi connectivity index (χ1v) is 9.40. The molecule has 5 heteroatoms. The van der Waals surface area contributed by atoms with Crippen LogP contribution in [-0.2, 0) is 0 Å². The van der Waals surface area contributed by atoms with Gasteiger partial charge < -0.3 is 15.2 Å². The molecular formula is C20H26N4O. The molecule has 2 N–H and O–H groups in total. The number of H-pyrrole nitrogens is 1. The molecule has 1 aliphatic heterocycles. The van der Waals surface area contributed by atoms with Gasteiger partial charge in [-0.15, -0.1) is 0 Å². The maximum Gasteiger partial charge on any atom is 0.317 e. The van der Waals surface area contributed by atoms with Crippen LogP contribution >= 0.6 is 0 Å². The summed E-state index contributed by atoms with van der Waals surface area (Å²) in [4.78, 5) is 22.1. The molecule has 0 radical (unpaired) electrons. The molecule has 1 aromatic carbocycles. The highest BCUT2D eigenvalue weighted by Crippen LogP contribution is 2.38. The standard InChI is InChI=1S/C20H26N4O/c25-20(24-11-9-15(10-12-24)18-13-21-14-22-18)23-19(17-7-4-8-17)16-5-2-1-3-6-16/h1-3,5-6,13-15,17,19H,4,7-12H2,(H,21,22)(H,23,25)/t19-/m1/s1. The van der Waals surface area contributed by atoms with Crippen molar-refractivity contribution in [1.29, 1.82) is 0 Å². The van der Waals surface area contributed by atoms with Gasteiger partial charge in [-0.2, -0.15) is 0 Å². The molecule has 1 saturated heterocycles. The van der Waals surface area contributed by atoms with E-state index < -0.39 is 0 Å². The van der Waals surface area contributed by atoms with E-state index in [1.165, 1.54) is 30.5 Å². The van der Waals surface area contributed by atoms with Crippen molar-refractivity contribution < 1.29 is 4.79 Å². The van der Waals surface area contributed by atoms with E-state index in [9.17, 15) is 4.79 Å². The van der Waals surface area contributed by atoms with E-state index in [0.717, 1.165) is 25.9 Å². The Balaban J connectivity index is 1.37. The Labute approximate surface area is 148 Å². The Hall–Kier alpha value is -2.30. The Bertz CT molecular complexity index is 673. The van der Waals surface area contributed by atoms with Crippen LogP contribution in [-0.4, -0.2) is 34.0 Å². The van der Waals surface area contributed by atoms with Crippen LogP contribution in [0.25, 0.3) is 0 Å². The summed E-state index contributed by atoms with van der Waals surface area (Å²) in [5, 5.41) is 3.32. The fourth-order valence-corrected chi connectivity index (χ4v) is 4.01. The van der Waals surface area contributed by atoms with E-state index in [0.29, 0.717) is 11.8 Å². The van der Waals surface area contributed by atoms with Crippen LogP contribution in [0.2, 0.25) is 0 Å². The first-order valence-electron chi connectivity index (χ1n) is 9.40. The van der Waals surface area contributed by atoms with E-state index in [2.05, 4.69) is 39.6 Å². The number of urea groups is 1. The Morgan fingerprint density at radius 3 is 2.52 bits per heavy atom. The molecule has 1 atom stereocenters. The zero-order valence-corrected chi connectivity index (χ0v) is 14.5. The second kappa shape index (κ2) is 7.30. The van der Waals surface area contributed by atoms with Gasteiger partial charge >= 0.3 is 6.03 Å². The highest BCUT2D eigenvalue weighted by atomic mass is 16.2. The van der Waals surface area contributed by atoms with Crippen LogP contribution in [0.3, 0.4) is 0 Å². The molecule has 0 bridgehead atoms. The van der Waals surface area contributed by atoms with Crippen LogP contribution in [0.15, 0.2) is 42.9 Å². The molecule has 2 aliphatic rings. The molecule has 2 heterocycles. The van der Waals surface area contributed by atoms with Gasteiger partial charge in [0.15, 0.2) is 0 Å². The monoisotopic (exact) mass is 338 g/mol. The first-order chi connectivity index (χ1) is 12.3. The predicted octanol–water partition coefficient (Wildman–Crippen LogP) is 3.84. The quantitative estimate of drug-likeness (QED) is 0.890. The predicted molar refractivity (Wildman–Crippen MR) is 97.2 cm³/mol. The molecule has 0 spiro atoms. The van der Waals surface area contributed by atoms with Gasteiger partial charge in [0.1, 0.15) is 0 Å². The third-order valence-electron chi connectivity index (χ3n) is 5.80. The van der Waals surface area contributed by atoms with Crippen molar-refractivity contribution in [2.45, 2.75) is 44.1 Å². The maximum atomic E-state index is 12.8. The molecule has 4 rings (SSSR count). The average molecular weight is 338 g/mol. The summed E-state index contributed by atoms with van der Waals surface area (Å²) in [6, 6.07) is 10.6. The maximum absolute atomic E-state index is 12.8. The smallest absolute Gasteiger partial charge is 0.317 e. The van der Waals surface area contributed by atoms with Crippen LogP contribution < -0.4 is 5.32 Å². The van der Waals surface area contributed by atoms with Crippen molar-refractivity contribution in [3.05, 3.63) is 54.1 Å². The van der Waals surface area contributed by atoms with E-state index in [-0.39, 0.29) is 12.1 Å². The minimum atomic E-state index is 0.0869. The summed E-state index contributed by atoms with van der Waals surface area (Å²) in [5.74, 6) is 1.07. The molecule has 2 aromatic rings.